The minimum Gasteiger partial charge on any atom is -0.512 e. The summed E-state index contributed by atoms with van der Waals surface area (Å²) in [4.78, 5) is 0. The number of hydrogen-bond donors (Lipinski definition) is 1. The Balaban J connectivity index is 2.37. The summed E-state index contributed by atoms with van der Waals surface area (Å²) in [5.41, 5.74) is 0. The summed E-state index contributed by atoms with van der Waals surface area (Å²) in [6.07, 6.45) is 0.837. The molecule has 76 valence electrons. The van der Waals surface area contributed by atoms with Crippen molar-refractivity contribution >= 4 is 7.32 Å². The van der Waals surface area contributed by atoms with Crippen molar-refractivity contribution in [2.24, 2.45) is 0 Å². The zero-order valence-electron chi connectivity index (χ0n) is 8.51. The minimum absolute atomic E-state index is 0.00582. The van der Waals surface area contributed by atoms with E-state index in [1.54, 1.807) is 12.1 Å². The average molecular weight is 194 g/mol. The molecule has 1 atom stereocenters. The quantitative estimate of drug-likeness (QED) is 0.727. The molecule has 0 saturated carbocycles. The first-order chi connectivity index (χ1) is 6.72. The molecule has 0 aromatic heterocycles. The highest BCUT2D eigenvalue weighted by molar-refractivity contribution is 6.35. The molecule has 0 fully saturated rings. The standard InChI is InChI=1S/C10H15BO3/c1-3-9(2)13-11(12)14-10-7-5-4-6-8-10/h4-9,12H,3H2,1-2H3. The second-order valence-electron chi connectivity index (χ2n) is 3.09. The van der Waals surface area contributed by atoms with Crippen molar-refractivity contribution in [3.63, 3.8) is 0 Å². The lowest BCUT2D eigenvalue weighted by molar-refractivity contribution is 0.133. The fourth-order valence-corrected chi connectivity index (χ4v) is 0.938. The zero-order valence-corrected chi connectivity index (χ0v) is 8.51. The van der Waals surface area contributed by atoms with E-state index in [2.05, 4.69) is 0 Å². The molecule has 1 unspecified atom stereocenters. The monoisotopic (exact) mass is 194 g/mol. The van der Waals surface area contributed by atoms with Gasteiger partial charge in [-0.15, -0.1) is 0 Å². The van der Waals surface area contributed by atoms with Crippen LogP contribution in [0.15, 0.2) is 30.3 Å². The molecule has 0 aliphatic rings. The summed E-state index contributed by atoms with van der Waals surface area (Å²) in [6, 6.07) is 9.09. The van der Waals surface area contributed by atoms with E-state index in [9.17, 15) is 5.02 Å². The Kier molecular flexibility index (Phi) is 4.49. The summed E-state index contributed by atoms with van der Waals surface area (Å²) in [7, 11) is -1.19. The Morgan fingerprint density at radius 3 is 2.57 bits per heavy atom. The first kappa shape index (κ1) is 11.1. The molecule has 1 aromatic carbocycles. The summed E-state index contributed by atoms with van der Waals surface area (Å²) in [5, 5.41) is 9.36. The van der Waals surface area contributed by atoms with Gasteiger partial charge in [-0.25, -0.2) is 0 Å². The van der Waals surface area contributed by atoms with Gasteiger partial charge in [0.05, 0.1) is 0 Å². The molecule has 4 heteroatoms. The third-order valence-corrected chi connectivity index (χ3v) is 1.90. The molecule has 0 amide bonds. The van der Waals surface area contributed by atoms with Crippen LogP contribution in [0, 0.1) is 0 Å². The number of para-hydroxylation sites is 1. The Bertz CT molecular complexity index is 253. The molecule has 0 aliphatic carbocycles. The second kappa shape index (κ2) is 5.68. The molecule has 0 bridgehead atoms. The van der Waals surface area contributed by atoms with Crippen LogP contribution in [0.3, 0.4) is 0 Å². The van der Waals surface area contributed by atoms with Gasteiger partial charge in [-0.2, -0.15) is 0 Å². The fraction of sp³-hybridized carbons (Fsp3) is 0.400. The van der Waals surface area contributed by atoms with Gasteiger partial charge in [-0.3, -0.25) is 0 Å². The van der Waals surface area contributed by atoms with Crippen molar-refractivity contribution < 1.29 is 14.3 Å². The average Bonchev–Trinajstić information content (AvgIpc) is 2.19. The SMILES string of the molecule is CCC(C)OB(O)Oc1ccccc1. The first-order valence-electron chi connectivity index (χ1n) is 4.77. The van der Waals surface area contributed by atoms with Crippen LogP contribution in [-0.4, -0.2) is 18.4 Å². The molecular weight excluding hydrogens is 179 g/mol. The van der Waals surface area contributed by atoms with Gasteiger partial charge in [0.15, 0.2) is 0 Å². The Labute approximate surface area is 84.8 Å². The smallest absolute Gasteiger partial charge is 0.512 e. The van der Waals surface area contributed by atoms with E-state index in [1.807, 2.05) is 32.0 Å². The molecule has 1 rings (SSSR count). The maximum atomic E-state index is 9.36. The topological polar surface area (TPSA) is 38.7 Å². The first-order valence-corrected chi connectivity index (χ1v) is 4.77. The largest absolute Gasteiger partial charge is 0.710 e. The van der Waals surface area contributed by atoms with Crippen LogP contribution in [-0.2, 0) is 4.65 Å². The van der Waals surface area contributed by atoms with Crippen LogP contribution < -0.4 is 4.65 Å². The van der Waals surface area contributed by atoms with E-state index >= 15 is 0 Å². The van der Waals surface area contributed by atoms with Crippen molar-refractivity contribution in [3.8, 4) is 5.75 Å². The van der Waals surface area contributed by atoms with Gasteiger partial charge in [0.1, 0.15) is 5.75 Å². The highest BCUT2D eigenvalue weighted by Gasteiger charge is 2.20. The van der Waals surface area contributed by atoms with Gasteiger partial charge in [0.2, 0.25) is 0 Å². The van der Waals surface area contributed by atoms with Gasteiger partial charge in [0, 0.05) is 6.10 Å². The van der Waals surface area contributed by atoms with E-state index in [1.165, 1.54) is 0 Å². The van der Waals surface area contributed by atoms with Crippen LogP contribution in [0.1, 0.15) is 20.3 Å². The van der Waals surface area contributed by atoms with E-state index in [0.717, 1.165) is 6.42 Å². The van der Waals surface area contributed by atoms with Crippen LogP contribution in [0.2, 0.25) is 0 Å². The predicted molar refractivity (Wildman–Crippen MR) is 55.9 cm³/mol. The van der Waals surface area contributed by atoms with E-state index in [-0.39, 0.29) is 6.10 Å². The Hall–Kier alpha value is -0.995. The summed E-state index contributed by atoms with van der Waals surface area (Å²) in [6.45, 7) is 3.87. The van der Waals surface area contributed by atoms with Crippen molar-refractivity contribution in [1.29, 1.82) is 0 Å². The van der Waals surface area contributed by atoms with Crippen molar-refractivity contribution in [2.45, 2.75) is 26.4 Å². The van der Waals surface area contributed by atoms with E-state index in [0.29, 0.717) is 5.75 Å². The lowest BCUT2D eigenvalue weighted by Crippen LogP contribution is -2.30. The van der Waals surface area contributed by atoms with Crippen molar-refractivity contribution in [2.75, 3.05) is 0 Å². The third kappa shape index (κ3) is 3.81. The lowest BCUT2D eigenvalue weighted by Gasteiger charge is -2.13. The number of hydrogen-bond acceptors (Lipinski definition) is 3. The number of benzene rings is 1. The van der Waals surface area contributed by atoms with Crippen LogP contribution in [0.25, 0.3) is 0 Å². The lowest BCUT2D eigenvalue weighted by atomic mass is 10.2. The second-order valence-corrected chi connectivity index (χ2v) is 3.09. The maximum absolute atomic E-state index is 9.36. The molecule has 0 heterocycles. The van der Waals surface area contributed by atoms with Crippen LogP contribution in [0.5, 0.6) is 5.75 Å². The number of rotatable bonds is 5. The van der Waals surface area contributed by atoms with Gasteiger partial charge < -0.3 is 14.3 Å². The highest BCUT2D eigenvalue weighted by atomic mass is 16.7. The van der Waals surface area contributed by atoms with Crippen molar-refractivity contribution in [1.82, 2.24) is 0 Å². The van der Waals surface area contributed by atoms with Crippen LogP contribution in [0.4, 0.5) is 0 Å². The molecule has 1 aromatic rings. The summed E-state index contributed by atoms with van der Waals surface area (Å²) < 4.78 is 10.3. The molecule has 3 nitrogen and oxygen atoms in total. The molecule has 1 N–H and O–H groups in total. The molecular formula is C10H15BO3. The maximum Gasteiger partial charge on any atom is 0.710 e. The third-order valence-electron chi connectivity index (χ3n) is 1.90. The van der Waals surface area contributed by atoms with Crippen molar-refractivity contribution in [3.05, 3.63) is 30.3 Å². The van der Waals surface area contributed by atoms with Gasteiger partial charge in [-0.1, -0.05) is 25.1 Å². The summed E-state index contributed by atoms with van der Waals surface area (Å²) in [5.74, 6) is 0.600. The molecule has 0 aliphatic heterocycles. The van der Waals surface area contributed by atoms with Gasteiger partial charge in [-0.05, 0) is 25.5 Å². The van der Waals surface area contributed by atoms with Gasteiger partial charge >= 0.3 is 7.32 Å². The van der Waals surface area contributed by atoms with E-state index in [4.69, 9.17) is 9.31 Å². The van der Waals surface area contributed by atoms with Crippen LogP contribution >= 0.6 is 0 Å². The molecule has 0 saturated heterocycles. The highest BCUT2D eigenvalue weighted by Crippen LogP contribution is 2.10. The molecule has 14 heavy (non-hydrogen) atoms. The fourth-order valence-electron chi connectivity index (χ4n) is 0.938. The molecule has 0 spiro atoms. The van der Waals surface area contributed by atoms with Gasteiger partial charge in [0.25, 0.3) is 0 Å². The zero-order chi connectivity index (χ0) is 10.4. The normalized spacial score (nSPS) is 12.2. The predicted octanol–water partition coefficient (Wildman–Crippen LogP) is 1.86. The summed E-state index contributed by atoms with van der Waals surface area (Å²) >= 11 is 0. The Morgan fingerprint density at radius 1 is 1.36 bits per heavy atom. The minimum atomic E-state index is -1.19. The molecule has 0 radical (unpaired) electrons. The Morgan fingerprint density at radius 2 is 2.00 bits per heavy atom. The van der Waals surface area contributed by atoms with E-state index < -0.39 is 7.32 Å².